The second-order valence-electron chi connectivity index (χ2n) is 3.45. The summed E-state index contributed by atoms with van der Waals surface area (Å²) in [7, 11) is 0. The third-order valence-electron chi connectivity index (χ3n) is 2.42. The topological polar surface area (TPSA) is 105 Å². The van der Waals surface area contributed by atoms with Crippen LogP contribution in [0.25, 0.3) is 0 Å². The fourth-order valence-corrected chi connectivity index (χ4v) is 1.80. The monoisotopic (exact) mass is 260 g/mol. The summed E-state index contributed by atoms with van der Waals surface area (Å²) in [4.78, 5) is 24.3. The second-order valence-corrected chi connectivity index (χ2v) is 3.67. The fourth-order valence-electron chi connectivity index (χ4n) is 1.56. The van der Waals surface area contributed by atoms with Gasteiger partial charge in [-0.15, -0.1) is 0 Å². The number of hydrogen-bond donors (Lipinski definition) is 3. The van der Waals surface area contributed by atoms with Crippen LogP contribution in [0.15, 0.2) is 33.0 Å². The molecule has 0 saturated carbocycles. The largest absolute Gasteiger partial charge is 0.384 e. The number of ether oxygens (including phenoxy) is 1. The van der Waals surface area contributed by atoms with Gasteiger partial charge in [0.15, 0.2) is 12.5 Å². The van der Waals surface area contributed by atoms with Gasteiger partial charge in [0.1, 0.15) is 6.10 Å². The van der Waals surface area contributed by atoms with Crippen LogP contribution in [0.1, 0.15) is 6.23 Å². The predicted octanol–water partition coefficient (Wildman–Crippen LogP) is -1.13. The van der Waals surface area contributed by atoms with Crippen LogP contribution in [0.4, 0.5) is 0 Å². The van der Waals surface area contributed by atoms with E-state index in [1.54, 1.807) is 0 Å². The van der Waals surface area contributed by atoms with Crippen molar-refractivity contribution in [3.8, 4) is 0 Å². The van der Waals surface area contributed by atoms with E-state index >= 15 is 0 Å². The van der Waals surface area contributed by atoms with E-state index in [1.165, 1.54) is 6.20 Å². The van der Waals surface area contributed by atoms with Crippen LogP contribution >= 0.6 is 11.6 Å². The van der Waals surface area contributed by atoms with E-state index in [1.807, 2.05) is 4.98 Å². The SMILES string of the molecule is O=c1ccn([C@@H]2O[C@H](O)/C(=C\Cl)[C@H]2O)c(=O)[nH]1. The number of aromatic amines is 1. The zero-order valence-electron chi connectivity index (χ0n) is 8.41. The molecule has 1 aromatic rings. The number of aliphatic hydroxyl groups is 2. The van der Waals surface area contributed by atoms with Crippen LogP contribution in [-0.4, -0.2) is 32.2 Å². The first kappa shape index (κ1) is 12.1. The van der Waals surface area contributed by atoms with Gasteiger partial charge in [0.05, 0.1) is 0 Å². The normalized spacial score (nSPS) is 31.0. The maximum absolute atomic E-state index is 11.5. The van der Waals surface area contributed by atoms with Crippen molar-refractivity contribution in [2.75, 3.05) is 0 Å². The summed E-state index contributed by atoms with van der Waals surface area (Å²) in [5, 5.41) is 19.2. The molecule has 0 spiro atoms. The Bertz CT molecular complexity index is 563. The molecular formula is C9H9ClN2O5. The molecule has 0 radical (unpaired) electrons. The number of halogens is 1. The van der Waals surface area contributed by atoms with Gasteiger partial charge in [-0.1, -0.05) is 11.6 Å². The van der Waals surface area contributed by atoms with Crippen molar-refractivity contribution in [2.45, 2.75) is 18.6 Å². The Morgan fingerprint density at radius 1 is 1.47 bits per heavy atom. The molecule has 7 nitrogen and oxygen atoms in total. The van der Waals surface area contributed by atoms with Crippen molar-refractivity contribution in [1.29, 1.82) is 0 Å². The number of H-pyrrole nitrogens is 1. The van der Waals surface area contributed by atoms with Crippen LogP contribution in [-0.2, 0) is 4.74 Å². The molecule has 0 aliphatic carbocycles. The van der Waals surface area contributed by atoms with E-state index in [4.69, 9.17) is 16.3 Å². The Labute approximate surface area is 99.5 Å². The molecule has 2 rings (SSSR count). The number of aromatic nitrogens is 2. The summed E-state index contributed by atoms with van der Waals surface area (Å²) in [6.45, 7) is 0. The van der Waals surface area contributed by atoms with Gasteiger partial charge < -0.3 is 14.9 Å². The van der Waals surface area contributed by atoms with Crippen molar-refractivity contribution >= 4 is 11.6 Å². The van der Waals surface area contributed by atoms with E-state index in [9.17, 15) is 19.8 Å². The molecule has 0 bridgehead atoms. The van der Waals surface area contributed by atoms with Crippen LogP contribution < -0.4 is 11.2 Å². The number of nitrogens with one attached hydrogen (secondary N) is 1. The number of aliphatic hydroxyl groups excluding tert-OH is 2. The molecule has 0 aromatic carbocycles. The van der Waals surface area contributed by atoms with Gasteiger partial charge in [0.2, 0.25) is 0 Å². The minimum Gasteiger partial charge on any atom is -0.384 e. The Kier molecular flexibility index (Phi) is 3.16. The van der Waals surface area contributed by atoms with Gasteiger partial charge in [-0.05, 0) is 0 Å². The van der Waals surface area contributed by atoms with Gasteiger partial charge >= 0.3 is 5.69 Å². The summed E-state index contributed by atoms with van der Waals surface area (Å²) in [6, 6.07) is 1.10. The lowest BCUT2D eigenvalue weighted by Crippen LogP contribution is -2.35. The summed E-state index contributed by atoms with van der Waals surface area (Å²) in [5.41, 5.74) is -0.266. The van der Waals surface area contributed by atoms with Gasteiger partial charge in [-0.25, -0.2) is 4.79 Å². The van der Waals surface area contributed by atoms with E-state index in [2.05, 4.69) is 0 Å². The maximum atomic E-state index is 11.5. The lowest BCUT2D eigenvalue weighted by atomic mass is 10.2. The number of nitrogens with zero attached hydrogens (tertiary/aromatic N) is 1. The van der Waals surface area contributed by atoms with E-state index in [0.29, 0.717) is 0 Å². The van der Waals surface area contributed by atoms with Crippen LogP contribution in [0.2, 0.25) is 0 Å². The lowest BCUT2D eigenvalue weighted by Gasteiger charge is -2.15. The summed E-state index contributed by atoms with van der Waals surface area (Å²) < 4.78 is 5.94. The van der Waals surface area contributed by atoms with Crippen molar-refractivity contribution in [3.63, 3.8) is 0 Å². The molecule has 3 N–H and O–H groups in total. The summed E-state index contributed by atoms with van der Waals surface area (Å²) in [5.74, 6) is 0. The first-order valence-electron chi connectivity index (χ1n) is 4.68. The van der Waals surface area contributed by atoms with Crippen molar-refractivity contribution < 1.29 is 14.9 Å². The quantitative estimate of drug-likeness (QED) is 0.592. The first-order chi connectivity index (χ1) is 8.04. The fraction of sp³-hybridized carbons (Fsp3) is 0.333. The highest BCUT2D eigenvalue weighted by Crippen LogP contribution is 2.31. The molecular weight excluding hydrogens is 252 g/mol. The number of hydrogen-bond acceptors (Lipinski definition) is 5. The molecule has 1 aliphatic rings. The molecule has 0 amide bonds. The maximum Gasteiger partial charge on any atom is 0.330 e. The third kappa shape index (κ3) is 2.05. The summed E-state index contributed by atoms with van der Waals surface area (Å²) in [6.07, 6.45) is -2.60. The zero-order chi connectivity index (χ0) is 12.6. The van der Waals surface area contributed by atoms with Crippen LogP contribution in [0, 0.1) is 0 Å². The van der Waals surface area contributed by atoms with Crippen LogP contribution in [0.5, 0.6) is 0 Å². The molecule has 1 fully saturated rings. The Morgan fingerprint density at radius 2 is 2.18 bits per heavy atom. The van der Waals surface area contributed by atoms with Crippen molar-refractivity contribution in [2.24, 2.45) is 0 Å². The Morgan fingerprint density at radius 3 is 2.71 bits per heavy atom. The van der Waals surface area contributed by atoms with Gasteiger partial charge in [-0.2, -0.15) is 0 Å². The van der Waals surface area contributed by atoms with Gasteiger partial charge in [-0.3, -0.25) is 14.3 Å². The first-order valence-corrected chi connectivity index (χ1v) is 5.11. The van der Waals surface area contributed by atoms with Gasteiger partial charge in [0.25, 0.3) is 5.56 Å². The molecule has 1 saturated heterocycles. The second kappa shape index (κ2) is 4.46. The lowest BCUT2D eigenvalue weighted by molar-refractivity contribution is -0.117. The standard InChI is InChI=1S/C9H9ClN2O5/c10-3-4-6(14)7(17-8(4)15)12-2-1-5(13)11-9(12)16/h1-3,6-8,14-15H,(H,11,13,16)/b4-3-/t6-,7-,8+/m1/s1. The third-order valence-corrected chi connectivity index (χ3v) is 2.67. The molecule has 1 aliphatic heterocycles. The van der Waals surface area contributed by atoms with Crippen molar-refractivity contribution in [3.05, 3.63) is 44.2 Å². The average Bonchev–Trinajstić information content (AvgIpc) is 2.54. The minimum atomic E-state index is -1.38. The van der Waals surface area contributed by atoms with E-state index in [-0.39, 0.29) is 5.57 Å². The van der Waals surface area contributed by atoms with Crippen LogP contribution in [0.3, 0.4) is 0 Å². The highest BCUT2D eigenvalue weighted by atomic mass is 35.5. The molecule has 3 atom stereocenters. The summed E-state index contributed by atoms with van der Waals surface area (Å²) >= 11 is 5.41. The highest BCUT2D eigenvalue weighted by molar-refractivity contribution is 6.25. The smallest absolute Gasteiger partial charge is 0.330 e. The van der Waals surface area contributed by atoms with E-state index < -0.39 is 29.9 Å². The highest BCUT2D eigenvalue weighted by Gasteiger charge is 2.39. The molecule has 8 heteroatoms. The Balaban J connectivity index is 2.43. The average molecular weight is 261 g/mol. The number of rotatable bonds is 1. The molecule has 17 heavy (non-hydrogen) atoms. The molecule has 92 valence electrons. The molecule has 2 heterocycles. The molecule has 1 aromatic heterocycles. The Hall–Kier alpha value is -1.41. The predicted molar refractivity (Wildman–Crippen MR) is 57.4 cm³/mol. The van der Waals surface area contributed by atoms with Gasteiger partial charge in [0, 0.05) is 23.4 Å². The zero-order valence-corrected chi connectivity index (χ0v) is 9.16. The van der Waals surface area contributed by atoms with E-state index in [0.717, 1.165) is 16.2 Å². The van der Waals surface area contributed by atoms with Crippen molar-refractivity contribution in [1.82, 2.24) is 9.55 Å². The molecule has 0 unspecified atom stereocenters. The minimum absolute atomic E-state index is 0.0507.